The van der Waals surface area contributed by atoms with Gasteiger partial charge in [-0.3, -0.25) is 19.2 Å². The van der Waals surface area contributed by atoms with Crippen LogP contribution >= 0.6 is 0 Å². The molecule has 4 amide bonds. The number of aliphatic hydroxyl groups is 26. The van der Waals surface area contributed by atoms with E-state index in [1.54, 1.807) is 0 Å². The van der Waals surface area contributed by atoms with Gasteiger partial charge in [0.1, 0.15) is 213 Å². The molecule has 44 atom stereocenters. The molecule has 8 heterocycles. The summed E-state index contributed by atoms with van der Waals surface area (Å²) in [7, 11) is 0. The van der Waals surface area contributed by atoms with Gasteiger partial charge in [0.15, 0.2) is 50.3 Å². The molecule has 112 heavy (non-hydrogen) atoms. The number of nitrogens with one attached hydrogen (secondary N) is 4. The van der Waals surface area contributed by atoms with Crippen molar-refractivity contribution in [3.05, 3.63) is 0 Å². The van der Waals surface area contributed by atoms with Crippen LogP contribution in [0.4, 0.5) is 0 Å². The van der Waals surface area contributed by atoms with Crippen LogP contribution in [0.3, 0.4) is 0 Å². The molecular formula is C62H106N4O46. The van der Waals surface area contributed by atoms with Crippen LogP contribution in [-0.4, -0.2) is 492 Å². The van der Waals surface area contributed by atoms with Crippen molar-refractivity contribution in [2.24, 2.45) is 0 Å². The highest BCUT2D eigenvalue weighted by atomic mass is 16.8. The second-order valence-corrected chi connectivity index (χ2v) is 27.9. The fourth-order valence-electron chi connectivity index (χ4n) is 14.0. The minimum atomic E-state index is -2.60. The molecule has 650 valence electrons. The fraction of sp³-hybridized carbons (Fsp3) is 0.935. The van der Waals surface area contributed by atoms with Crippen molar-refractivity contribution in [2.75, 3.05) is 66.1 Å². The van der Waals surface area contributed by atoms with Gasteiger partial charge in [-0.05, 0) is 0 Å². The van der Waals surface area contributed by atoms with Gasteiger partial charge in [0, 0.05) is 27.7 Å². The fourth-order valence-corrected chi connectivity index (χ4v) is 14.0. The Hall–Kier alpha value is -3.80. The van der Waals surface area contributed by atoms with Crippen molar-refractivity contribution in [2.45, 2.75) is 298 Å². The van der Waals surface area contributed by atoms with Crippen LogP contribution < -0.4 is 21.3 Å². The van der Waals surface area contributed by atoms with E-state index in [1.165, 1.54) is 0 Å². The van der Waals surface area contributed by atoms with Crippen LogP contribution in [0.5, 0.6) is 0 Å². The van der Waals surface area contributed by atoms with E-state index in [2.05, 4.69) is 21.3 Å². The predicted molar refractivity (Wildman–Crippen MR) is 346 cm³/mol. The van der Waals surface area contributed by atoms with E-state index in [0.29, 0.717) is 0 Å². The summed E-state index contributed by atoms with van der Waals surface area (Å²) in [5.41, 5.74) is 0. The van der Waals surface area contributed by atoms with Gasteiger partial charge in [-0.15, -0.1) is 0 Å². The highest BCUT2D eigenvalue weighted by Crippen LogP contribution is 2.40. The van der Waals surface area contributed by atoms with Gasteiger partial charge < -0.3 is 230 Å². The van der Waals surface area contributed by atoms with Crippen LogP contribution in [0.1, 0.15) is 27.7 Å². The lowest BCUT2D eigenvalue weighted by Crippen LogP contribution is -2.70. The van der Waals surface area contributed by atoms with Crippen molar-refractivity contribution in [1.29, 1.82) is 0 Å². The second kappa shape index (κ2) is 41.7. The molecule has 0 unspecified atom stereocenters. The van der Waals surface area contributed by atoms with Crippen LogP contribution in [0.25, 0.3) is 0 Å². The van der Waals surface area contributed by atoms with Crippen LogP contribution in [0.2, 0.25) is 0 Å². The molecule has 0 spiro atoms. The minimum Gasteiger partial charge on any atom is -0.394 e. The van der Waals surface area contributed by atoms with Crippen LogP contribution in [0.15, 0.2) is 0 Å². The number of ether oxygens (including phenoxy) is 16. The summed E-state index contributed by atoms with van der Waals surface area (Å²) in [6.07, 6.45) is -84.7. The van der Waals surface area contributed by atoms with Crippen molar-refractivity contribution in [3.8, 4) is 0 Å². The van der Waals surface area contributed by atoms with Gasteiger partial charge in [-0.1, -0.05) is 0 Å². The van der Waals surface area contributed by atoms with E-state index < -0.39 is 360 Å². The maximum atomic E-state index is 13.0. The number of aliphatic hydroxyl groups excluding tert-OH is 26. The molecule has 30 N–H and O–H groups in total. The first-order valence-corrected chi connectivity index (χ1v) is 35.6. The molecule has 0 radical (unpaired) electrons. The van der Waals surface area contributed by atoms with Crippen LogP contribution in [0, 0.1) is 0 Å². The number of amides is 4. The van der Waals surface area contributed by atoms with Crippen molar-refractivity contribution in [3.63, 3.8) is 0 Å². The minimum absolute atomic E-state index is 0.813. The average Bonchev–Trinajstić information content (AvgIpc) is 0.771. The second-order valence-electron chi connectivity index (χ2n) is 27.9. The number of carbonyl (C=O) groups excluding carboxylic acids is 4. The summed E-state index contributed by atoms with van der Waals surface area (Å²) >= 11 is 0. The Morgan fingerprint density at radius 2 is 0.616 bits per heavy atom. The predicted octanol–water partition coefficient (Wildman–Crippen LogP) is -20.4. The quantitative estimate of drug-likeness (QED) is 0.0290. The Morgan fingerprint density at radius 3 is 0.982 bits per heavy atom. The maximum absolute atomic E-state index is 13.0. The summed E-state index contributed by atoms with van der Waals surface area (Å²) in [4.78, 5) is 50.8. The zero-order valence-corrected chi connectivity index (χ0v) is 60.3. The monoisotopic (exact) mass is 1640 g/mol. The molecule has 8 aliphatic heterocycles. The normalized spacial score (nSPS) is 45.9. The van der Waals surface area contributed by atoms with E-state index >= 15 is 0 Å². The molecular weight excluding hydrogens is 1540 g/mol. The number of hydrogen-bond acceptors (Lipinski definition) is 46. The highest BCUT2D eigenvalue weighted by Gasteiger charge is 2.61. The van der Waals surface area contributed by atoms with E-state index in [-0.39, 0.29) is 0 Å². The molecule has 8 fully saturated rings. The Bertz CT molecular complexity index is 2920. The van der Waals surface area contributed by atoms with Crippen molar-refractivity contribution >= 4 is 23.6 Å². The molecule has 0 aromatic heterocycles. The van der Waals surface area contributed by atoms with Gasteiger partial charge in [0.25, 0.3) is 0 Å². The number of hydrogen-bond donors (Lipinski definition) is 30. The molecule has 0 bridgehead atoms. The first-order valence-electron chi connectivity index (χ1n) is 35.6. The summed E-state index contributed by atoms with van der Waals surface area (Å²) in [6.45, 7) is -7.39. The summed E-state index contributed by atoms with van der Waals surface area (Å²) in [5, 5.41) is 296. The third-order valence-electron chi connectivity index (χ3n) is 20.0. The number of rotatable bonds is 33. The average molecular weight is 1640 g/mol. The van der Waals surface area contributed by atoms with E-state index in [9.17, 15) is 152 Å². The van der Waals surface area contributed by atoms with E-state index in [4.69, 9.17) is 75.8 Å². The maximum Gasteiger partial charge on any atom is 0.217 e. The van der Waals surface area contributed by atoms with E-state index in [1.807, 2.05) is 0 Å². The van der Waals surface area contributed by atoms with Gasteiger partial charge >= 0.3 is 0 Å². The smallest absolute Gasteiger partial charge is 0.217 e. The SMILES string of the molecule is CC(=O)N[C@H]1[C@H](O[C@@H]([C@H](O)[C@H](CO)NC(C)=O)[C@H](O)CO)O[C@H](CO)[C@@H](O[C@@H]2O[C@H](CO[C@H]3O[C@H](CO)[C@@H](O)[C@H](O)[C@@H]3O[C@@H]3O[C@H](CO)[C@@H](O[C@@H]4O[C@H](CO)[C@H](O)[C@H](O)[C@H]4O)[C@H](O)[C@H]3NC(C)=O)[C@@H](O)[C@H](O[C@H]3O[C@H](CO)[C@@H](O)[C@H](O)[C@@H]3O[C@@H]3O[C@H](CO)[C@@H](O[C@@H]4O[C@H](CO)[C@H](O)[C@H](O)[C@H]4O)[C@H](O)[C@H]3NC(C)=O)[C@@H]2O)[C@@H]1O. The largest absolute Gasteiger partial charge is 0.394 e. The molecule has 50 nitrogen and oxygen atoms in total. The van der Waals surface area contributed by atoms with Gasteiger partial charge in [-0.2, -0.15) is 0 Å². The lowest BCUT2D eigenvalue weighted by Gasteiger charge is -2.51. The molecule has 0 aromatic rings. The Morgan fingerprint density at radius 1 is 0.304 bits per heavy atom. The molecule has 0 aromatic carbocycles. The molecule has 0 aliphatic carbocycles. The topological polar surface area (TPSA) is 790 Å². The summed E-state index contributed by atoms with van der Waals surface area (Å²) < 4.78 is 94.8. The third-order valence-corrected chi connectivity index (χ3v) is 20.0. The summed E-state index contributed by atoms with van der Waals surface area (Å²) in [6, 6.07) is -7.50. The first kappa shape index (κ1) is 93.7. The molecule has 8 rings (SSSR count). The first-order chi connectivity index (χ1) is 53.0. The molecule has 50 heteroatoms. The van der Waals surface area contributed by atoms with Crippen molar-refractivity contribution in [1.82, 2.24) is 21.3 Å². The Kier molecular flexibility index (Phi) is 34.9. The molecule has 8 aliphatic rings. The zero-order chi connectivity index (χ0) is 82.9. The lowest BCUT2D eigenvalue weighted by atomic mass is 9.94. The van der Waals surface area contributed by atoms with E-state index in [0.717, 1.165) is 27.7 Å². The van der Waals surface area contributed by atoms with Gasteiger partial charge in [0.2, 0.25) is 23.6 Å². The molecule has 0 saturated carbocycles. The Balaban J connectivity index is 1.15. The Labute approximate surface area is 634 Å². The van der Waals surface area contributed by atoms with Gasteiger partial charge in [0.05, 0.1) is 72.1 Å². The highest BCUT2D eigenvalue weighted by molar-refractivity contribution is 5.74. The number of carbonyl (C=O) groups is 4. The molecule has 8 saturated heterocycles. The summed E-state index contributed by atoms with van der Waals surface area (Å²) in [5.74, 6) is -3.70. The van der Waals surface area contributed by atoms with Gasteiger partial charge in [-0.25, -0.2) is 0 Å². The standard InChI is InChI=1S/C62H106N4O46/c1-15(76)63-19(5-67)32(81)48(20(80)6-68)106-55-29(64-16(2)77)38(87)51(27(13-75)102-55)109-60-47(96)52(110-62-54(44(93)36(85)24(10-72)101-62)112-57-31(66-18(4)79)40(89)50(26(12-74)104-57)108-59-46(95)42(91)34(83)22(8-70)99-59)37(86)28(105-60)14-97-61-53(43(92)35(84)23(9-71)100-61)111-56-30(65-17(3)78)39(88)49(25(11-73)103-56)107-58-45(94)41(90)33(82)21(7-69)98-58/h19-62,67-75,80-96H,5-14H2,1-4H3,(H,63,76)(H,64,77)(H,65,78)(H,66,79)/t19-,20+,21+,22+,23+,24+,25+,26+,27+,28+,29+,30+,31+,32+,33-,34-,35+,36+,37+,38+,39+,40+,41-,42-,43-,44-,45+,46+,47-,48+,49+,50+,51+,52-,53-,54-,55-,56-,57-,58-,59-,60-,61-,62+/m0/s1. The van der Waals surface area contributed by atoms with Crippen LogP contribution in [-0.2, 0) is 95.0 Å². The zero-order valence-electron chi connectivity index (χ0n) is 60.3. The lowest BCUT2D eigenvalue weighted by molar-refractivity contribution is -0.398. The van der Waals surface area contributed by atoms with Crippen molar-refractivity contribution < 1.29 is 228 Å². The third kappa shape index (κ3) is 21.2.